The van der Waals surface area contributed by atoms with Crippen LogP contribution in [0.4, 0.5) is 5.82 Å². The highest BCUT2D eigenvalue weighted by Gasteiger charge is 2.22. The Labute approximate surface area is 171 Å². The van der Waals surface area contributed by atoms with Crippen LogP contribution in [0.25, 0.3) is 10.8 Å². The van der Waals surface area contributed by atoms with E-state index in [9.17, 15) is 9.59 Å². The minimum absolute atomic E-state index is 0.198. The van der Waals surface area contributed by atoms with Crippen LogP contribution in [0.2, 0.25) is 0 Å². The van der Waals surface area contributed by atoms with Crippen LogP contribution in [-0.2, 0) is 14.3 Å². The first-order valence-electron chi connectivity index (χ1n) is 10.1. The summed E-state index contributed by atoms with van der Waals surface area (Å²) in [5.41, 5.74) is 0. The predicted molar refractivity (Wildman–Crippen MR) is 112 cm³/mol. The Morgan fingerprint density at radius 2 is 2.03 bits per heavy atom. The normalized spacial score (nSPS) is 14.6. The van der Waals surface area contributed by atoms with Gasteiger partial charge in [-0.25, -0.2) is 4.98 Å². The highest BCUT2D eigenvalue weighted by atomic mass is 16.5. The second-order valence-corrected chi connectivity index (χ2v) is 7.38. The van der Waals surface area contributed by atoms with Gasteiger partial charge in [0.25, 0.3) is 5.91 Å². The monoisotopic (exact) mass is 399 g/mol. The number of piperidine rings is 1. The van der Waals surface area contributed by atoms with Crippen molar-refractivity contribution in [3.8, 4) is 5.75 Å². The lowest BCUT2D eigenvalue weighted by Gasteiger charge is -2.33. The van der Waals surface area contributed by atoms with Crippen molar-refractivity contribution in [2.45, 2.75) is 32.1 Å². The molecule has 0 bridgehead atoms. The van der Waals surface area contributed by atoms with E-state index >= 15 is 0 Å². The van der Waals surface area contributed by atoms with E-state index in [0.29, 0.717) is 12.3 Å². The molecule has 1 N–H and O–H groups in total. The van der Waals surface area contributed by atoms with E-state index in [4.69, 9.17) is 9.47 Å². The van der Waals surface area contributed by atoms with E-state index in [2.05, 4.69) is 21.3 Å². The molecule has 156 valence electrons. The summed E-state index contributed by atoms with van der Waals surface area (Å²) in [7, 11) is 3.20. The summed E-state index contributed by atoms with van der Waals surface area (Å²) in [6, 6.07) is 8.11. The molecule has 1 saturated heterocycles. The number of amides is 1. The summed E-state index contributed by atoms with van der Waals surface area (Å²) < 4.78 is 10.3. The number of likely N-dealkylation sites (N-methyl/N-ethyl adjacent to an activating group) is 1. The topological polar surface area (TPSA) is 80.8 Å². The zero-order valence-electron chi connectivity index (χ0n) is 17.1. The number of aromatic nitrogens is 1. The van der Waals surface area contributed by atoms with Gasteiger partial charge < -0.3 is 19.7 Å². The first-order chi connectivity index (χ1) is 14.1. The summed E-state index contributed by atoms with van der Waals surface area (Å²) >= 11 is 0. The van der Waals surface area contributed by atoms with Gasteiger partial charge in [0.1, 0.15) is 11.6 Å². The number of esters is 1. The van der Waals surface area contributed by atoms with Gasteiger partial charge in [0.2, 0.25) is 0 Å². The third-order valence-corrected chi connectivity index (χ3v) is 5.50. The van der Waals surface area contributed by atoms with Crippen LogP contribution < -0.4 is 15.0 Å². The molecule has 2 aromatic rings. The molecule has 7 nitrogen and oxygen atoms in total. The van der Waals surface area contributed by atoms with Gasteiger partial charge in [-0.05, 0) is 55.2 Å². The highest BCUT2D eigenvalue weighted by molar-refractivity contribution is 5.93. The Bertz CT molecular complexity index is 847. The number of fused-ring (bicyclic) bond motifs is 1. The van der Waals surface area contributed by atoms with Gasteiger partial charge in [-0.15, -0.1) is 0 Å². The maximum atomic E-state index is 11.7. The van der Waals surface area contributed by atoms with E-state index in [0.717, 1.165) is 61.1 Å². The molecule has 2 heterocycles. The molecule has 0 saturated carbocycles. The predicted octanol–water partition coefficient (Wildman–Crippen LogP) is 2.92. The molecule has 29 heavy (non-hydrogen) atoms. The number of nitrogens with one attached hydrogen (secondary N) is 1. The number of ether oxygens (including phenoxy) is 2. The number of rotatable bonds is 8. The van der Waals surface area contributed by atoms with Crippen LogP contribution in [0, 0.1) is 5.92 Å². The Morgan fingerprint density at radius 3 is 2.76 bits per heavy atom. The quantitative estimate of drug-likeness (QED) is 0.688. The van der Waals surface area contributed by atoms with Gasteiger partial charge in [-0.1, -0.05) is 6.07 Å². The van der Waals surface area contributed by atoms with E-state index in [1.54, 1.807) is 7.11 Å². The molecule has 0 aliphatic carbocycles. The van der Waals surface area contributed by atoms with Crippen molar-refractivity contribution >= 4 is 28.5 Å². The molecule has 0 radical (unpaired) electrons. The number of carbonyl (C=O) groups is 2. The summed E-state index contributed by atoms with van der Waals surface area (Å²) in [5, 5.41) is 4.71. The molecule has 1 fully saturated rings. The largest absolute Gasteiger partial charge is 0.497 e. The Balaban J connectivity index is 1.48. The molecular formula is C22H29N3O4. The number of methoxy groups -OCH3 is 1. The lowest BCUT2D eigenvalue weighted by atomic mass is 9.91. The van der Waals surface area contributed by atoms with E-state index in [-0.39, 0.29) is 18.5 Å². The minimum Gasteiger partial charge on any atom is -0.497 e. The van der Waals surface area contributed by atoms with Crippen LogP contribution in [-0.4, -0.2) is 50.7 Å². The van der Waals surface area contributed by atoms with E-state index in [1.807, 2.05) is 24.4 Å². The molecule has 1 aromatic carbocycles. The highest BCUT2D eigenvalue weighted by Crippen LogP contribution is 2.31. The van der Waals surface area contributed by atoms with Crippen LogP contribution in [0.1, 0.15) is 32.1 Å². The van der Waals surface area contributed by atoms with E-state index < -0.39 is 0 Å². The van der Waals surface area contributed by atoms with Gasteiger partial charge in [0, 0.05) is 38.1 Å². The van der Waals surface area contributed by atoms with Gasteiger partial charge in [0.15, 0.2) is 6.61 Å². The fraction of sp³-hybridized carbons (Fsp3) is 0.500. The molecule has 1 amide bonds. The van der Waals surface area contributed by atoms with Gasteiger partial charge in [-0.2, -0.15) is 0 Å². The van der Waals surface area contributed by atoms with E-state index in [1.165, 1.54) is 7.05 Å². The molecule has 1 aliphatic rings. The summed E-state index contributed by atoms with van der Waals surface area (Å²) in [6.45, 7) is 1.71. The molecule has 1 aromatic heterocycles. The maximum absolute atomic E-state index is 11.7. The smallest absolute Gasteiger partial charge is 0.306 e. The number of hydrogen-bond donors (Lipinski definition) is 1. The number of pyridine rings is 1. The lowest BCUT2D eigenvalue weighted by molar-refractivity contribution is -0.148. The molecule has 0 unspecified atom stereocenters. The van der Waals surface area contributed by atoms with Crippen molar-refractivity contribution in [2.75, 3.05) is 38.8 Å². The molecule has 0 atom stereocenters. The molecule has 0 spiro atoms. The zero-order chi connectivity index (χ0) is 20.6. The van der Waals surface area contributed by atoms with Crippen molar-refractivity contribution in [3.05, 3.63) is 30.5 Å². The number of nitrogens with zero attached hydrogens (tertiary/aromatic N) is 2. The standard InChI is InChI=1S/C22H29N3O4/c1-23-20(26)15-29-21(27)5-3-4-16-9-12-25(13-10-16)22-19-14-18(28-2)7-6-17(19)8-11-24-22/h6-8,11,14,16H,3-5,9-10,12-13,15H2,1-2H3,(H,23,26). The lowest BCUT2D eigenvalue weighted by Crippen LogP contribution is -2.34. The molecule has 1 aliphatic heterocycles. The summed E-state index contributed by atoms with van der Waals surface area (Å²) in [6.07, 6.45) is 6.17. The van der Waals surface area contributed by atoms with Gasteiger partial charge in [0.05, 0.1) is 7.11 Å². The minimum atomic E-state index is -0.306. The molecule has 3 rings (SSSR count). The van der Waals surface area contributed by atoms with Crippen molar-refractivity contribution < 1.29 is 19.1 Å². The summed E-state index contributed by atoms with van der Waals surface area (Å²) in [4.78, 5) is 29.8. The van der Waals surface area contributed by atoms with Crippen LogP contribution in [0.15, 0.2) is 30.5 Å². The van der Waals surface area contributed by atoms with Crippen molar-refractivity contribution in [3.63, 3.8) is 0 Å². The summed E-state index contributed by atoms with van der Waals surface area (Å²) in [5.74, 6) is 1.86. The SMILES string of the molecule is CNC(=O)COC(=O)CCCC1CCN(c2nccc3ccc(OC)cc23)CC1. The van der Waals surface area contributed by atoms with Gasteiger partial charge in [-0.3, -0.25) is 9.59 Å². The van der Waals surface area contributed by atoms with Crippen LogP contribution in [0.5, 0.6) is 5.75 Å². The van der Waals surface area contributed by atoms with Gasteiger partial charge >= 0.3 is 5.97 Å². The first-order valence-corrected chi connectivity index (χ1v) is 10.1. The molecule has 7 heteroatoms. The number of carbonyl (C=O) groups excluding carboxylic acids is 2. The van der Waals surface area contributed by atoms with Crippen LogP contribution >= 0.6 is 0 Å². The molecular weight excluding hydrogens is 370 g/mol. The first kappa shape index (κ1) is 20.9. The average Bonchev–Trinajstić information content (AvgIpc) is 2.77. The second-order valence-electron chi connectivity index (χ2n) is 7.38. The zero-order valence-corrected chi connectivity index (χ0v) is 17.1. The fourth-order valence-corrected chi connectivity index (χ4v) is 3.77. The number of hydrogen-bond acceptors (Lipinski definition) is 6. The third-order valence-electron chi connectivity index (χ3n) is 5.50. The average molecular weight is 399 g/mol. The number of benzene rings is 1. The maximum Gasteiger partial charge on any atom is 0.306 e. The Morgan fingerprint density at radius 1 is 1.24 bits per heavy atom. The van der Waals surface area contributed by atoms with Crippen LogP contribution in [0.3, 0.4) is 0 Å². The van der Waals surface area contributed by atoms with Crippen molar-refractivity contribution in [2.24, 2.45) is 5.92 Å². The third kappa shape index (κ3) is 5.59. The van der Waals surface area contributed by atoms with Crippen molar-refractivity contribution in [1.82, 2.24) is 10.3 Å². The fourth-order valence-electron chi connectivity index (χ4n) is 3.77. The van der Waals surface area contributed by atoms with Crippen molar-refractivity contribution in [1.29, 1.82) is 0 Å². The number of anilines is 1. The Hall–Kier alpha value is -2.83. The Kier molecular flexibility index (Phi) is 7.27. The second kappa shape index (κ2) is 10.1.